The zero-order chi connectivity index (χ0) is 11.4. The Kier molecular flexibility index (Phi) is 4.34. The first-order valence-electron chi connectivity index (χ1n) is 5.82. The van der Waals surface area contributed by atoms with Gasteiger partial charge in [-0.25, -0.2) is 0 Å². The second-order valence-electron chi connectivity index (χ2n) is 4.96. The molecule has 1 aromatic carbocycles. The molecule has 0 aliphatic carbocycles. The molecule has 2 N–H and O–H groups in total. The third-order valence-electron chi connectivity index (χ3n) is 3.28. The Morgan fingerprint density at radius 3 is 2.40 bits per heavy atom. The van der Waals surface area contributed by atoms with Crippen molar-refractivity contribution in [2.24, 2.45) is 17.6 Å². The van der Waals surface area contributed by atoms with E-state index in [2.05, 4.69) is 52.0 Å². The van der Waals surface area contributed by atoms with E-state index in [0.29, 0.717) is 11.8 Å². The quantitative estimate of drug-likeness (QED) is 0.803. The fourth-order valence-corrected chi connectivity index (χ4v) is 1.79. The summed E-state index contributed by atoms with van der Waals surface area (Å²) in [5.41, 5.74) is 8.87. The lowest BCUT2D eigenvalue weighted by Gasteiger charge is -2.23. The molecule has 0 aliphatic heterocycles. The van der Waals surface area contributed by atoms with Gasteiger partial charge in [-0.2, -0.15) is 0 Å². The zero-order valence-corrected chi connectivity index (χ0v) is 10.3. The van der Waals surface area contributed by atoms with Crippen LogP contribution in [0.25, 0.3) is 0 Å². The Bertz CT molecular complexity index is 304. The van der Waals surface area contributed by atoms with Gasteiger partial charge < -0.3 is 5.73 Å². The highest BCUT2D eigenvalue weighted by Gasteiger charge is 2.16. The van der Waals surface area contributed by atoms with E-state index in [4.69, 9.17) is 5.73 Å². The molecular formula is C14H23N. The molecule has 0 fully saturated rings. The topological polar surface area (TPSA) is 26.0 Å². The van der Waals surface area contributed by atoms with Crippen LogP contribution in [0, 0.1) is 18.8 Å². The normalized spacial score (nSPS) is 15.3. The molecule has 15 heavy (non-hydrogen) atoms. The van der Waals surface area contributed by atoms with E-state index < -0.39 is 0 Å². The lowest BCUT2D eigenvalue weighted by atomic mass is 9.87. The highest BCUT2D eigenvalue weighted by molar-refractivity contribution is 5.23. The fourth-order valence-electron chi connectivity index (χ4n) is 1.79. The van der Waals surface area contributed by atoms with Gasteiger partial charge in [0.05, 0.1) is 0 Å². The molecule has 0 aromatic heterocycles. The number of hydrogen-bond donors (Lipinski definition) is 1. The minimum Gasteiger partial charge on any atom is -0.327 e. The van der Waals surface area contributed by atoms with Crippen molar-refractivity contribution in [1.82, 2.24) is 0 Å². The van der Waals surface area contributed by atoms with Crippen molar-refractivity contribution in [2.45, 2.75) is 40.2 Å². The SMILES string of the molecule is Cc1cccc(CC(N)C(C)C(C)C)c1. The van der Waals surface area contributed by atoms with Crippen molar-refractivity contribution in [3.63, 3.8) is 0 Å². The van der Waals surface area contributed by atoms with Crippen LogP contribution < -0.4 is 5.73 Å². The zero-order valence-electron chi connectivity index (χ0n) is 10.3. The van der Waals surface area contributed by atoms with Gasteiger partial charge in [0.25, 0.3) is 0 Å². The van der Waals surface area contributed by atoms with Gasteiger partial charge in [0.15, 0.2) is 0 Å². The Hall–Kier alpha value is -0.820. The molecule has 2 atom stereocenters. The molecule has 0 saturated heterocycles. The first kappa shape index (κ1) is 12.3. The maximum atomic E-state index is 6.20. The molecule has 0 saturated carbocycles. The maximum absolute atomic E-state index is 6.20. The highest BCUT2D eigenvalue weighted by atomic mass is 14.6. The van der Waals surface area contributed by atoms with Gasteiger partial charge in [-0.3, -0.25) is 0 Å². The number of rotatable bonds is 4. The molecular weight excluding hydrogens is 182 g/mol. The summed E-state index contributed by atoms with van der Waals surface area (Å²) in [6.45, 7) is 8.84. The molecule has 1 heteroatoms. The summed E-state index contributed by atoms with van der Waals surface area (Å²) < 4.78 is 0. The van der Waals surface area contributed by atoms with Crippen molar-refractivity contribution in [3.05, 3.63) is 35.4 Å². The molecule has 1 rings (SSSR count). The number of benzene rings is 1. The summed E-state index contributed by atoms with van der Waals surface area (Å²) >= 11 is 0. The van der Waals surface area contributed by atoms with Crippen LogP contribution in [0.4, 0.5) is 0 Å². The molecule has 0 radical (unpaired) electrons. The van der Waals surface area contributed by atoms with Crippen LogP contribution in [0.15, 0.2) is 24.3 Å². The molecule has 0 aliphatic rings. The lowest BCUT2D eigenvalue weighted by molar-refractivity contribution is 0.344. The average Bonchev–Trinajstić information content (AvgIpc) is 2.16. The van der Waals surface area contributed by atoms with Crippen molar-refractivity contribution in [2.75, 3.05) is 0 Å². The smallest absolute Gasteiger partial charge is 0.0108 e. The van der Waals surface area contributed by atoms with Crippen LogP contribution in [0.1, 0.15) is 31.9 Å². The molecule has 2 unspecified atom stereocenters. The monoisotopic (exact) mass is 205 g/mol. The lowest BCUT2D eigenvalue weighted by Crippen LogP contribution is -2.33. The highest BCUT2D eigenvalue weighted by Crippen LogP contribution is 2.17. The minimum absolute atomic E-state index is 0.270. The standard InChI is InChI=1S/C14H23N/c1-10(2)12(4)14(15)9-13-7-5-6-11(3)8-13/h5-8,10,12,14H,9,15H2,1-4H3. The summed E-state index contributed by atoms with van der Waals surface area (Å²) in [6.07, 6.45) is 0.987. The third-order valence-corrected chi connectivity index (χ3v) is 3.28. The van der Waals surface area contributed by atoms with E-state index in [1.807, 2.05) is 0 Å². The minimum atomic E-state index is 0.270. The molecule has 84 valence electrons. The predicted octanol–water partition coefficient (Wildman–Crippen LogP) is 3.16. The van der Waals surface area contributed by atoms with Gasteiger partial charge in [-0.15, -0.1) is 0 Å². The first-order valence-corrected chi connectivity index (χ1v) is 5.82. The van der Waals surface area contributed by atoms with Crippen LogP contribution in [0.3, 0.4) is 0 Å². The summed E-state index contributed by atoms with van der Waals surface area (Å²) in [5, 5.41) is 0. The van der Waals surface area contributed by atoms with E-state index in [9.17, 15) is 0 Å². The van der Waals surface area contributed by atoms with Gasteiger partial charge in [-0.05, 0) is 30.7 Å². The van der Waals surface area contributed by atoms with Crippen LogP contribution in [0.5, 0.6) is 0 Å². The first-order chi connectivity index (χ1) is 7.00. The number of aryl methyl sites for hydroxylation is 1. The van der Waals surface area contributed by atoms with E-state index in [1.54, 1.807) is 0 Å². The van der Waals surface area contributed by atoms with E-state index in [-0.39, 0.29) is 6.04 Å². The van der Waals surface area contributed by atoms with E-state index in [0.717, 1.165) is 6.42 Å². The Morgan fingerprint density at radius 1 is 1.20 bits per heavy atom. The maximum Gasteiger partial charge on any atom is 0.0108 e. The summed E-state index contributed by atoms with van der Waals surface area (Å²) in [4.78, 5) is 0. The van der Waals surface area contributed by atoms with Crippen molar-refractivity contribution in [3.8, 4) is 0 Å². The molecule has 1 aromatic rings. The van der Waals surface area contributed by atoms with E-state index in [1.165, 1.54) is 11.1 Å². The summed E-state index contributed by atoms with van der Waals surface area (Å²) in [6, 6.07) is 8.90. The second-order valence-corrected chi connectivity index (χ2v) is 4.96. The average molecular weight is 205 g/mol. The van der Waals surface area contributed by atoms with Gasteiger partial charge in [-0.1, -0.05) is 50.6 Å². The fraction of sp³-hybridized carbons (Fsp3) is 0.571. The van der Waals surface area contributed by atoms with Gasteiger partial charge in [0, 0.05) is 6.04 Å². The molecule has 0 spiro atoms. The van der Waals surface area contributed by atoms with Crippen molar-refractivity contribution in [1.29, 1.82) is 0 Å². The predicted molar refractivity (Wildman–Crippen MR) is 66.9 cm³/mol. The van der Waals surface area contributed by atoms with Gasteiger partial charge >= 0.3 is 0 Å². The van der Waals surface area contributed by atoms with Crippen molar-refractivity contribution < 1.29 is 0 Å². The Morgan fingerprint density at radius 2 is 1.87 bits per heavy atom. The second kappa shape index (κ2) is 5.32. The van der Waals surface area contributed by atoms with Gasteiger partial charge in [0.2, 0.25) is 0 Å². The molecule has 0 bridgehead atoms. The third kappa shape index (κ3) is 3.67. The Balaban J connectivity index is 2.62. The molecule has 0 amide bonds. The van der Waals surface area contributed by atoms with Crippen LogP contribution >= 0.6 is 0 Å². The molecule has 1 nitrogen and oxygen atoms in total. The summed E-state index contributed by atoms with van der Waals surface area (Å²) in [5.74, 6) is 1.23. The Labute approximate surface area is 93.7 Å². The largest absolute Gasteiger partial charge is 0.327 e. The summed E-state index contributed by atoms with van der Waals surface area (Å²) in [7, 11) is 0. The van der Waals surface area contributed by atoms with Crippen molar-refractivity contribution >= 4 is 0 Å². The van der Waals surface area contributed by atoms with Gasteiger partial charge in [0.1, 0.15) is 0 Å². The van der Waals surface area contributed by atoms with Crippen LogP contribution in [-0.2, 0) is 6.42 Å². The van der Waals surface area contributed by atoms with Crippen LogP contribution in [0.2, 0.25) is 0 Å². The number of hydrogen-bond acceptors (Lipinski definition) is 1. The van der Waals surface area contributed by atoms with E-state index >= 15 is 0 Å². The number of nitrogens with two attached hydrogens (primary N) is 1. The molecule has 0 heterocycles. The van der Waals surface area contributed by atoms with Crippen LogP contribution in [-0.4, -0.2) is 6.04 Å².